The van der Waals surface area contributed by atoms with Crippen LogP contribution in [0, 0.1) is 5.92 Å². The molecule has 0 aliphatic heterocycles. The Bertz CT molecular complexity index is 784. The van der Waals surface area contributed by atoms with Crippen molar-refractivity contribution in [2.75, 3.05) is 13.2 Å². The fourth-order valence-electron chi connectivity index (χ4n) is 2.52. The van der Waals surface area contributed by atoms with Crippen molar-refractivity contribution in [2.45, 2.75) is 31.2 Å². The van der Waals surface area contributed by atoms with Gasteiger partial charge in [0, 0.05) is 6.54 Å². The van der Waals surface area contributed by atoms with Crippen LogP contribution in [-0.2, 0) is 10.0 Å². The highest BCUT2D eigenvalue weighted by molar-refractivity contribution is 7.89. The summed E-state index contributed by atoms with van der Waals surface area (Å²) < 4.78 is 27.6. The molecule has 1 aromatic heterocycles. The van der Waals surface area contributed by atoms with Crippen LogP contribution in [0.2, 0.25) is 0 Å². The summed E-state index contributed by atoms with van der Waals surface area (Å²) in [5.41, 5.74) is 0.637. The van der Waals surface area contributed by atoms with E-state index in [-0.39, 0.29) is 11.5 Å². The van der Waals surface area contributed by atoms with Gasteiger partial charge in [-0.3, -0.25) is 4.79 Å². The zero-order chi connectivity index (χ0) is 18.4. The van der Waals surface area contributed by atoms with Crippen LogP contribution < -0.4 is 0 Å². The number of hydrogen-bond acceptors (Lipinski definition) is 5. The highest BCUT2D eigenvalue weighted by Gasteiger charge is 2.32. The van der Waals surface area contributed by atoms with Crippen molar-refractivity contribution in [2.24, 2.45) is 5.92 Å². The number of sulfonamides is 1. The summed E-state index contributed by atoms with van der Waals surface area (Å²) in [7, 11) is -3.76. The Hall–Kier alpha value is -1.54. The molecule has 136 valence electrons. The van der Waals surface area contributed by atoms with Crippen LogP contribution in [-0.4, -0.2) is 37.3 Å². The maximum Gasteiger partial charge on any atom is 0.243 e. The topological polar surface area (TPSA) is 74.7 Å². The Morgan fingerprint density at radius 1 is 1.24 bits per heavy atom. The van der Waals surface area contributed by atoms with Crippen LogP contribution >= 0.6 is 11.3 Å². The van der Waals surface area contributed by atoms with Gasteiger partial charge in [-0.15, -0.1) is 11.3 Å². The Kier molecular flexibility index (Phi) is 6.89. The van der Waals surface area contributed by atoms with Gasteiger partial charge in [0.2, 0.25) is 10.0 Å². The smallest absolute Gasteiger partial charge is 0.243 e. The molecular formula is C18H23NO4S2. The normalized spacial score (nSPS) is 13.3. The van der Waals surface area contributed by atoms with Crippen molar-refractivity contribution >= 4 is 27.6 Å². The van der Waals surface area contributed by atoms with Crippen LogP contribution in [0.25, 0.3) is 0 Å². The SMILES string of the molecule is CC(C)CCN(C(CO)c1csc(C=O)c1)S(=O)(=O)c1ccccc1. The standard InChI is InChI=1S/C18H23NO4S2/c1-14(2)8-9-19(25(22,23)17-6-4-3-5-7-17)18(12-21)15-10-16(11-20)24-13-15/h3-7,10-11,13-14,18,21H,8-9,12H2,1-2H3. The lowest BCUT2D eigenvalue weighted by Gasteiger charge is -2.30. The van der Waals surface area contributed by atoms with Crippen LogP contribution in [0.1, 0.15) is 41.5 Å². The molecule has 2 rings (SSSR count). The number of rotatable bonds is 9. The van der Waals surface area contributed by atoms with Gasteiger partial charge in [-0.1, -0.05) is 32.0 Å². The van der Waals surface area contributed by atoms with E-state index in [4.69, 9.17) is 0 Å². The first-order valence-corrected chi connectivity index (χ1v) is 10.4. The second-order valence-electron chi connectivity index (χ2n) is 6.21. The highest BCUT2D eigenvalue weighted by atomic mass is 32.2. The zero-order valence-electron chi connectivity index (χ0n) is 14.3. The highest BCUT2D eigenvalue weighted by Crippen LogP contribution is 2.30. The monoisotopic (exact) mass is 381 g/mol. The molecule has 1 heterocycles. The van der Waals surface area contributed by atoms with E-state index in [1.807, 2.05) is 13.8 Å². The van der Waals surface area contributed by atoms with E-state index in [9.17, 15) is 18.3 Å². The summed E-state index contributed by atoms with van der Waals surface area (Å²) in [4.78, 5) is 11.7. The van der Waals surface area contributed by atoms with Crippen molar-refractivity contribution in [1.82, 2.24) is 4.31 Å². The summed E-state index contributed by atoms with van der Waals surface area (Å²) >= 11 is 1.24. The number of carbonyl (C=O) groups excluding carboxylic acids is 1. The average Bonchev–Trinajstić information content (AvgIpc) is 3.07. The van der Waals surface area contributed by atoms with Gasteiger partial charge >= 0.3 is 0 Å². The van der Waals surface area contributed by atoms with Crippen LogP contribution in [0.5, 0.6) is 0 Å². The van der Waals surface area contributed by atoms with Crippen molar-refractivity contribution in [3.8, 4) is 0 Å². The number of hydrogen-bond donors (Lipinski definition) is 1. The third kappa shape index (κ3) is 4.76. The first-order chi connectivity index (χ1) is 11.9. The molecule has 25 heavy (non-hydrogen) atoms. The van der Waals surface area contributed by atoms with E-state index in [1.165, 1.54) is 15.6 Å². The number of carbonyl (C=O) groups is 1. The van der Waals surface area contributed by atoms with Gasteiger partial charge in [0.05, 0.1) is 22.4 Å². The molecule has 0 saturated carbocycles. The maximum atomic E-state index is 13.1. The molecule has 0 amide bonds. The number of nitrogens with zero attached hydrogens (tertiary/aromatic N) is 1. The second kappa shape index (κ2) is 8.71. The lowest BCUT2D eigenvalue weighted by atomic mass is 10.1. The predicted octanol–water partition coefficient (Wildman–Crippen LogP) is 3.33. The Morgan fingerprint density at radius 3 is 2.44 bits per heavy atom. The Labute approximate surface area is 153 Å². The van der Waals surface area contributed by atoms with E-state index in [2.05, 4.69) is 0 Å². The molecule has 1 unspecified atom stereocenters. The number of benzene rings is 1. The molecule has 7 heteroatoms. The van der Waals surface area contributed by atoms with Crippen molar-refractivity contribution in [3.05, 3.63) is 52.2 Å². The molecule has 5 nitrogen and oxygen atoms in total. The Morgan fingerprint density at radius 2 is 1.92 bits per heavy atom. The van der Waals surface area contributed by atoms with Crippen molar-refractivity contribution in [1.29, 1.82) is 0 Å². The molecule has 0 fully saturated rings. The molecule has 0 radical (unpaired) electrons. The van der Waals surface area contributed by atoms with Gasteiger partial charge in [0.25, 0.3) is 0 Å². The van der Waals surface area contributed by atoms with E-state index >= 15 is 0 Å². The number of aliphatic hydroxyl groups is 1. The zero-order valence-corrected chi connectivity index (χ0v) is 16.0. The lowest BCUT2D eigenvalue weighted by Crippen LogP contribution is -2.37. The molecule has 2 aromatic rings. The number of thiophene rings is 1. The number of aliphatic hydroxyl groups excluding tert-OH is 1. The maximum absolute atomic E-state index is 13.1. The molecule has 0 aliphatic rings. The van der Waals surface area contributed by atoms with Crippen molar-refractivity contribution < 1.29 is 18.3 Å². The van der Waals surface area contributed by atoms with Crippen LogP contribution in [0.3, 0.4) is 0 Å². The fourth-order valence-corrected chi connectivity index (χ4v) is 4.92. The average molecular weight is 382 g/mol. The van der Waals surface area contributed by atoms with Gasteiger partial charge in [-0.2, -0.15) is 4.31 Å². The molecule has 0 spiro atoms. The van der Waals surface area contributed by atoms with Crippen molar-refractivity contribution in [3.63, 3.8) is 0 Å². The van der Waals surface area contributed by atoms with Crippen LogP contribution in [0.15, 0.2) is 46.7 Å². The summed E-state index contributed by atoms with van der Waals surface area (Å²) in [6.07, 6.45) is 1.40. The molecule has 0 bridgehead atoms. The summed E-state index contributed by atoms with van der Waals surface area (Å²) in [6.45, 7) is 4.00. The van der Waals surface area contributed by atoms with E-state index < -0.39 is 16.1 Å². The minimum Gasteiger partial charge on any atom is -0.394 e. The molecule has 1 aromatic carbocycles. The first-order valence-electron chi connectivity index (χ1n) is 8.11. The third-order valence-electron chi connectivity index (χ3n) is 3.94. The quantitative estimate of drug-likeness (QED) is 0.676. The van der Waals surface area contributed by atoms with Crippen LogP contribution in [0.4, 0.5) is 0 Å². The largest absolute Gasteiger partial charge is 0.394 e. The fraction of sp³-hybridized carbons (Fsp3) is 0.389. The minimum atomic E-state index is -3.76. The van der Waals surface area contributed by atoms with Gasteiger partial charge in [0.1, 0.15) is 0 Å². The summed E-state index contributed by atoms with van der Waals surface area (Å²) in [5, 5.41) is 11.6. The van der Waals surface area contributed by atoms with E-state index in [1.54, 1.807) is 41.8 Å². The lowest BCUT2D eigenvalue weighted by molar-refractivity contribution is 0.112. The van der Waals surface area contributed by atoms with E-state index in [0.29, 0.717) is 29.3 Å². The third-order valence-corrected chi connectivity index (χ3v) is 6.74. The predicted molar refractivity (Wildman–Crippen MR) is 99.3 cm³/mol. The summed E-state index contributed by atoms with van der Waals surface area (Å²) in [5.74, 6) is 0.320. The molecule has 0 saturated heterocycles. The summed E-state index contributed by atoms with van der Waals surface area (Å²) in [6, 6.07) is 9.15. The van der Waals surface area contributed by atoms with Gasteiger partial charge < -0.3 is 5.11 Å². The molecular weight excluding hydrogens is 358 g/mol. The van der Waals surface area contributed by atoms with Gasteiger partial charge in [-0.05, 0) is 41.5 Å². The van der Waals surface area contributed by atoms with E-state index in [0.717, 1.165) is 6.29 Å². The van der Waals surface area contributed by atoms with Gasteiger partial charge in [0.15, 0.2) is 6.29 Å². The number of aldehydes is 1. The Balaban J connectivity index is 2.44. The van der Waals surface area contributed by atoms with Gasteiger partial charge in [-0.25, -0.2) is 8.42 Å². The first kappa shape index (κ1) is 19.8. The molecule has 1 atom stereocenters. The molecule has 1 N–H and O–H groups in total. The second-order valence-corrected chi connectivity index (χ2v) is 9.04. The molecule has 0 aliphatic carbocycles. The minimum absolute atomic E-state index is 0.197.